The van der Waals surface area contributed by atoms with Crippen molar-refractivity contribution in [3.8, 4) is 0 Å². The highest BCUT2D eigenvalue weighted by molar-refractivity contribution is 9.10. The van der Waals surface area contributed by atoms with Crippen molar-refractivity contribution in [3.63, 3.8) is 0 Å². The van der Waals surface area contributed by atoms with Gasteiger partial charge >= 0.3 is 0 Å². The molecule has 0 spiro atoms. The van der Waals surface area contributed by atoms with Gasteiger partial charge in [-0.25, -0.2) is 4.98 Å². The third-order valence-electron chi connectivity index (χ3n) is 2.39. The van der Waals surface area contributed by atoms with E-state index in [0.29, 0.717) is 4.47 Å². The molecule has 1 aliphatic heterocycles. The van der Waals surface area contributed by atoms with Gasteiger partial charge < -0.3 is 0 Å². The second-order valence-electron chi connectivity index (χ2n) is 3.34. The predicted octanol–water partition coefficient (Wildman–Crippen LogP) is 1.65. The largest absolute Gasteiger partial charge is 0.296 e. The Hall–Kier alpha value is -0.640. The van der Waals surface area contributed by atoms with Crippen LogP contribution in [0.5, 0.6) is 0 Å². The molecule has 0 fully saturated rings. The Bertz CT molecular complexity index is 397. The van der Waals surface area contributed by atoms with Crippen LogP contribution in [-0.4, -0.2) is 9.55 Å². The smallest absolute Gasteiger partial charge is 0.268 e. The van der Waals surface area contributed by atoms with Crippen molar-refractivity contribution in [2.24, 2.45) is 0 Å². The molecule has 0 saturated heterocycles. The van der Waals surface area contributed by atoms with Gasteiger partial charge in [0.1, 0.15) is 10.3 Å². The number of rotatable bonds is 0. The standard InChI is InChI=1S/C9H11BrN2O/c1-6-8(10)9(13)12-5-3-2-4-7(12)11-6/h2-5H2,1H3. The Balaban J connectivity index is 2.68. The minimum Gasteiger partial charge on any atom is -0.296 e. The summed E-state index contributed by atoms with van der Waals surface area (Å²) in [6.45, 7) is 2.68. The lowest BCUT2D eigenvalue weighted by Gasteiger charge is -2.17. The van der Waals surface area contributed by atoms with Crippen LogP contribution in [0.15, 0.2) is 9.27 Å². The van der Waals surface area contributed by atoms with E-state index in [1.807, 2.05) is 6.92 Å². The summed E-state index contributed by atoms with van der Waals surface area (Å²) < 4.78 is 2.39. The van der Waals surface area contributed by atoms with Crippen molar-refractivity contribution >= 4 is 15.9 Å². The molecule has 4 heteroatoms. The number of hydrogen-bond acceptors (Lipinski definition) is 2. The van der Waals surface area contributed by atoms with Crippen LogP contribution in [-0.2, 0) is 13.0 Å². The fourth-order valence-corrected chi connectivity index (χ4v) is 1.97. The highest BCUT2D eigenvalue weighted by Crippen LogP contribution is 2.14. The fraction of sp³-hybridized carbons (Fsp3) is 0.556. The van der Waals surface area contributed by atoms with Crippen LogP contribution in [0.1, 0.15) is 24.4 Å². The first kappa shape index (κ1) is 8.94. The summed E-state index contributed by atoms with van der Waals surface area (Å²) in [6.07, 6.45) is 3.17. The van der Waals surface area contributed by atoms with E-state index in [1.165, 1.54) is 0 Å². The van der Waals surface area contributed by atoms with Gasteiger partial charge in [0.25, 0.3) is 5.56 Å². The van der Waals surface area contributed by atoms with E-state index >= 15 is 0 Å². The summed E-state index contributed by atoms with van der Waals surface area (Å²) in [5.41, 5.74) is 0.875. The molecule has 0 saturated carbocycles. The quantitative estimate of drug-likeness (QED) is 0.694. The van der Waals surface area contributed by atoms with Crippen LogP contribution >= 0.6 is 15.9 Å². The molecule has 0 amide bonds. The number of halogens is 1. The van der Waals surface area contributed by atoms with E-state index in [-0.39, 0.29) is 5.56 Å². The molecule has 0 aliphatic carbocycles. The topological polar surface area (TPSA) is 34.9 Å². The number of hydrogen-bond donors (Lipinski definition) is 0. The van der Waals surface area contributed by atoms with E-state index in [4.69, 9.17) is 0 Å². The molecule has 70 valence electrons. The molecule has 1 aromatic heterocycles. The Morgan fingerprint density at radius 2 is 2.23 bits per heavy atom. The van der Waals surface area contributed by atoms with Crippen molar-refractivity contribution in [1.82, 2.24) is 9.55 Å². The molecular weight excluding hydrogens is 232 g/mol. The van der Waals surface area contributed by atoms with Crippen molar-refractivity contribution in [1.29, 1.82) is 0 Å². The molecule has 0 unspecified atom stereocenters. The van der Waals surface area contributed by atoms with Crippen molar-refractivity contribution in [2.75, 3.05) is 0 Å². The lowest BCUT2D eigenvalue weighted by atomic mass is 10.1. The van der Waals surface area contributed by atoms with Gasteiger partial charge in [-0.3, -0.25) is 9.36 Å². The van der Waals surface area contributed by atoms with Gasteiger partial charge in [-0.2, -0.15) is 0 Å². The van der Waals surface area contributed by atoms with Gasteiger partial charge in [0.05, 0.1) is 5.69 Å². The molecule has 3 nitrogen and oxygen atoms in total. The summed E-state index contributed by atoms with van der Waals surface area (Å²) in [5, 5.41) is 0. The molecule has 2 rings (SSSR count). The molecule has 0 atom stereocenters. The van der Waals surface area contributed by atoms with Crippen LogP contribution in [0.3, 0.4) is 0 Å². The van der Waals surface area contributed by atoms with Gasteiger partial charge in [0.2, 0.25) is 0 Å². The average molecular weight is 243 g/mol. The van der Waals surface area contributed by atoms with Crippen LogP contribution < -0.4 is 5.56 Å². The zero-order valence-electron chi connectivity index (χ0n) is 7.51. The maximum atomic E-state index is 11.7. The zero-order chi connectivity index (χ0) is 9.42. The molecule has 1 aromatic rings. The summed E-state index contributed by atoms with van der Waals surface area (Å²) in [5.74, 6) is 0.942. The first-order valence-electron chi connectivity index (χ1n) is 4.46. The third kappa shape index (κ3) is 1.43. The first-order valence-corrected chi connectivity index (χ1v) is 5.25. The maximum Gasteiger partial charge on any atom is 0.268 e. The third-order valence-corrected chi connectivity index (χ3v) is 3.30. The van der Waals surface area contributed by atoms with Gasteiger partial charge in [-0.15, -0.1) is 0 Å². The van der Waals surface area contributed by atoms with E-state index in [9.17, 15) is 4.79 Å². The second kappa shape index (κ2) is 3.25. The minimum absolute atomic E-state index is 0.0715. The van der Waals surface area contributed by atoms with E-state index in [0.717, 1.165) is 37.3 Å². The Kier molecular flexibility index (Phi) is 2.24. The zero-order valence-corrected chi connectivity index (χ0v) is 9.10. The van der Waals surface area contributed by atoms with E-state index in [2.05, 4.69) is 20.9 Å². The van der Waals surface area contributed by atoms with Crippen molar-refractivity contribution < 1.29 is 0 Å². The summed E-state index contributed by atoms with van der Waals surface area (Å²) in [7, 11) is 0. The van der Waals surface area contributed by atoms with Gasteiger partial charge in [-0.05, 0) is 35.7 Å². The van der Waals surface area contributed by atoms with Crippen LogP contribution in [0.2, 0.25) is 0 Å². The van der Waals surface area contributed by atoms with Crippen LogP contribution in [0, 0.1) is 6.92 Å². The molecule has 2 heterocycles. The highest BCUT2D eigenvalue weighted by Gasteiger charge is 2.14. The highest BCUT2D eigenvalue weighted by atomic mass is 79.9. The Labute approximate surface area is 84.9 Å². The number of aromatic nitrogens is 2. The molecule has 13 heavy (non-hydrogen) atoms. The average Bonchev–Trinajstić information content (AvgIpc) is 2.15. The minimum atomic E-state index is 0.0715. The number of aryl methyl sites for hydroxylation is 2. The maximum absolute atomic E-state index is 11.7. The van der Waals surface area contributed by atoms with Crippen molar-refractivity contribution in [2.45, 2.75) is 32.7 Å². The summed E-state index contributed by atoms with van der Waals surface area (Å²) in [6, 6.07) is 0. The Morgan fingerprint density at radius 1 is 1.46 bits per heavy atom. The second-order valence-corrected chi connectivity index (χ2v) is 4.13. The molecule has 0 radical (unpaired) electrons. The van der Waals surface area contributed by atoms with Crippen LogP contribution in [0.4, 0.5) is 0 Å². The number of nitrogens with zero attached hydrogens (tertiary/aromatic N) is 2. The van der Waals surface area contributed by atoms with Crippen LogP contribution in [0.25, 0.3) is 0 Å². The van der Waals surface area contributed by atoms with E-state index in [1.54, 1.807) is 4.57 Å². The van der Waals surface area contributed by atoms with Gasteiger partial charge in [0.15, 0.2) is 0 Å². The first-order chi connectivity index (χ1) is 6.20. The molecule has 1 aliphatic rings. The van der Waals surface area contributed by atoms with Gasteiger partial charge in [0, 0.05) is 13.0 Å². The van der Waals surface area contributed by atoms with Gasteiger partial charge in [-0.1, -0.05) is 0 Å². The van der Waals surface area contributed by atoms with E-state index < -0.39 is 0 Å². The molecular formula is C9H11BrN2O. The summed E-state index contributed by atoms with van der Waals surface area (Å²) >= 11 is 3.26. The fourth-order valence-electron chi connectivity index (χ4n) is 1.67. The lowest BCUT2D eigenvalue weighted by molar-refractivity contribution is 0.492. The SMILES string of the molecule is Cc1nc2n(c(=O)c1Br)CCCC2. The normalized spacial score (nSPS) is 15.5. The van der Waals surface area contributed by atoms with Crippen molar-refractivity contribution in [3.05, 3.63) is 26.3 Å². The summed E-state index contributed by atoms with van der Waals surface area (Å²) in [4.78, 5) is 16.1. The lowest BCUT2D eigenvalue weighted by Crippen LogP contribution is -2.29. The monoisotopic (exact) mass is 242 g/mol. The Morgan fingerprint density at radius 3 is 3.00 bits per heavy atom. The molecule has 0 aromatic carbocycles. The predicted molar refractivity (Wildman–Crippen MR) is 53.9 cm³/mol. The molecule has 0 bridgehead atoms. The molecule has 0 N–H and O–H groups in total. The number of fused-ring (bicyclic) bond motifs is 1.